The number of piperazine rings is 1. The number of anilines is 2. The van der Waals surface area contributed by atoms with E-state index in [1.165, 1.54) is 16.5 Å². The first kappa shape index (κ1) is 22.3. The third-order valence-electron chi connectivity index (χ3n) is 6.11. The number of carbonyl (C=O) groups excluding carboxylic acids is 1. The number of aromatic nitrogens is 4. The molecule has 0 bridgehead atoms. The first-order valence-electron chi connectivity index (χ1n) is 11.4. The summed E-state index contributed by atoms with van der Waals surface area (Å²) in [4.78, 5) is 19.5. The van der Waals surface area contributed by atoms with Gasteiger partial charge in [0.15, 0.2) is 11.5 Å². The third kappa shape index (κ3) is 3.87. The van der Waals surface area contributed by atoms with Crippen LogP contribution in [0.3, 0.4) is 0 Å². The number of nitrogens with one attached hydrogen (secondary N) is 2. The first-order chi connectivity index (χ1) is 16.2. The molecule has 0 radical (unpaired) electrons. The summed E-state index contributed by atoms with van der Waals surface area (Å²) in [6, 6.07) is 3.06. The lowest BCUT2D eigenvalue weighted by molar-refractivity contribution is 0.102. The van der Waals surface area contributed by atoms with Crippen LogP contribution in [-0.4, -0.2) is 50.2 Å². The van der Waals surface area contributed by atoms with Gasteiger partial charge in [0.25, 0.3) is 5.91 Å². The molecule has 1 aliphatic heterocycles. The number of halogens is 2. The highest BCUT2D eigenvalue weighted by molar-refractivity contribution is 6.14. The van der Waals surface area contributed by atoms with E-state index in [4.69, 9.17) is 0 Å². The van der Waals surface area contributed by atoms with Gasteiger partial charge in [0.1, 0.15) is 16.9 Å². The van der Waals surface area contributed by atoms with Gasteiger partial charge in [0.05, 0.1) is 17.1 Å². The van der Waals surface area contributed by atoms with Gasteiger partial charge in [-0.2, -0.15) is 5.10 Å². The summed E-state index contributed by atoms with van der Waals surface area (Å²) in [7, 11) is 0. The second kappa shape index (κ2) is 8.35. The zero-order valence-electron chi connectivity index (χ0n) is 19.6. The summed E-state index contributed by atoms with van der Waals surface area (Å²) in [6.07, 6.45) is 5.05. The second-order valence-corrected chi connectivity index (χ2v) is 9.02. The highest BCUT2D eigenvalue weighted by atomic mass is 19.1. The van der Waals surface area contributed by atoms with Gasteiger partial charge in [-0.3, -0.25) is 9.48 Å². The van der Waals surface area contributed by atoms with Crippen LogP contribution < -0.4 is 15.5 Å². The molecule has 0 aliphatic carbocycles. The number of amides is 1. The lowest BCUT2D eigenvalue weighted by Crippen LogP contribution is -2.54. The van der Waals surface area contributed by atoms with Gasteiger partial charge in [0, 0.05) is 61.8 Å². The van der Waals surface area contributed by atoms with E-state index in [2.05, 4.69) is 39.5 Å². The standard InChI is InChI=1S/C24H27F2N7O/c1-5-33-12-17-20(31-8-13(2)27-14(3)9-31)7-18(25)21(22(17)30-33)24(34)29-16-6-19(26)23-28-15(4)10-32(23)11-16/h6-7,10-14,27H,5,8-9H2,1-4H3,(H,29,34)/t13-,14-/m1/s1. The van der Waals surface area contributed by atoms with E-state index in [1.807, 2.05) is 13.1 Å². The largest absolute Gasteiger partial charge is 0.368 e. The Morgan fingerprint density at radius 3 is 2.59 bits per heavy atom. The third-order valence-corrected chi connectivity index (χ3v) is 6.11. The quantitative estimate of drug-likeness (QED) is 0.478. The summed E-state index contributed by atoms with van der Waals surface area (Å²) >= 11 is 0. The molecule has 5 rings (SSSR count). The van der Waals surface area contributed by atoms with Crippen molar-refractivity contribution < 1.29 is 13.6 Å². The van der Waals surface area contributed by atoms with Gasteiger partial charge in [-0.25, -0.2) is 13.8 Å². The van der Waals surface area contributed by atoms with Gasteiger partial charge in [-0.15, -0.1) is 0 Å². The number of hydrogen-bond acceptors (Lipinski definition) is 5. The van der Waals surface area contributed by atoms with Crippen molar-refractivity contribution in [1.29, 1.82) is 0 Å². The normalized spacial score (nSPS) is 18.7. The van der Waals surface area contributed by atoms with Crippen LogP contribution in [0.25, 0.3) is 16.6 Å². The van der Waals surface area contributed by atoms with Crippen LogP contribution in [0.4, 0.5) is 20.2 Å². The highest BCUT2D eigenvalue weighted by Crippen LogP contribution is 2.33. The zero-order chi connectivity index (χ0) is 24.1. The maximum absolute atomic E-state index is 15.5. The molecule has 8 nitrogen and oxygen atoms in total. The van der Waals surface area contributed by atoms with E-state index in [1.54, 1.807) is 24.0 Å². The molecule has 0 unspecified atom stereocenters. The number of imidazole rings is 1. The number of carbonyl (C=O) groups is 1. The monoisotopic (exact) mass is 467 g/mol. The number of rotatable bonds is 4. The lowest BCUT2D eigenvalue weighted by Gasteiger charge is -2.38. The Morgan fingerprint density at radius 1 is 1.15 bits per heavy atom. The van der Waals surface area contributed by atoms with E-state index < -0.39 is 17.5 Å². The van der Waals surface area contributed by atoms with Crippen molar-refractivity contribution in [3.63, 3.8) is 0 Å². The number of hydrogen-bond donors (Lipinski definition) is 2. The predicted molar refractivity (Wildman–Crippen MR) is 127 cm³/mol. The average molecular weight is 468 g/mol. The molecule has 4 aromatic rings. The Balaban J connectivity index is 1.56. The molecular weight excluding hydrogens is 440 g/mol. The van der Waals surface area contributed by atoms with Gasteiger partial charge < -0.3 is 19.9 Å². The summed E-state index contributed by atoms with van der Waals surface area (Å²) in [5.74, 6) is -1.93. The van der Waals surface area contributed by atoms with Gasteiger partial charge in [-0.1, -0.05) is 0 Å². The van der Waals surface area contributed by atoms with Crippen molar-refractivity contribution >= 4 is 33.8 Å². The van der Waals surface area contributed by atoms with E-state index in [-0.39, 0.29) is 34.5 Å². The Bertz CT molecular complexity index is 1400. The Morgan fingerprint density at radius 2 is 1.88 bits per heavy atom. The minimum Gasteiger partial charge on any atom is -0.368 e. The summed E-state index contributed by atoms with van der Waals surface area (Å²) in [6.45, 7) is 9.87. The molecule has 0 spiro atoms. The molecule has 178 valence electrons. The molecule has 1 amide bonds. The van der Waals surface area contributed by atoms with Crippen LogP contribution in [0, 0.1) is 18.6 Å². The molecule has 1 aliphatic rings. The minimum absolute atomic E-state index is 0.162. The maximum atomic E-state index is 15.5. The van der Waals surface area contributed by atoms with Crippen molar-refractivity contribution in [1.82, 2.24) is 24.5 Å². The topological polar surface area (TPSA) is 79.5 Å². The van der Waals surface area contributed by atoms with Crippen molar-refractivity contribution in [2.24, 2.45) is 0 Å². The summed E-state index contributed by atoms with van der Waals surface area (Å²) in [5, 5.41) is 11.3. The van der Waals surface area contributed by atoms with Crippen molar-refractivity contribution in [2.75, 3.05) is 23.3 Å². The fourth-order valence-electron chi connectivity index (χ4n) is 4.78. The molecule has 0 saturated carbocycles. The number of aryl methyl sites for hydroxylation is 2. The molecule has 1 fully saturated rings. The van der Waals surface area contributed by atoms with Gasteiger partial charge >= 0.3 is 0 Å². The van der Waals surface area contributed by atoms with E-state index >= 15 is 4.39 Å². The van der Waals surface area contributed by atoms with Crippen LogP contribution in [0.2, 0.25) is 0 Å². The number of nitrogens with zero attached hydrogens (tertiary/aromatic N) is 5. The smallest absolute Gasteiger partial charge is 0.260 e. The van der Waals surface area contributed by atoms with Crippen LogP contribution in [0.5, 0.6) is 0 Å². The Labute approximate surface area is 195 Å². The minimum atomic E-state index is -0.687. The lowest BCUT2D eigenvalue weighted by atomic mass is 10.0. The average Bonchev–Trinajstić information content (AvgIpc) is 3.35. The van der Waals surface area contributed by atoms with Crippen molar-refractivity contribution in [3.8, 4) is 0 Å². The van der Waals surface area contributed by atoms with Crippen molar-refractivity contribution in [2.45, 2.75) is 46.3 Å². The van der Waals surface area contributed by atoms with Crippen LogP contribution in [0.1, 0.15) is 36.8 Å². The molecule has 2 atom stereocenters. The molecule has 1 aromatic carbocycles. The molecular formula is C24H27F2N7O. The molecule has 4 heterocycles. The zero-order valence-corrected chi connectivity index (χ0v) is 19.6. The van der Waals surface area contributed by atoms with Crippen LogP contribution >= 0.6 is 0 Å². The van der Waals surface area contributed by atoms with Crippen LogP contribution in [-0.2, 0) is 6.54 Å². The first-order valence-corrected chi connectivity index (χ1v) is 11.4. The van der Waals surface area contributed by atoms with E-state index in [0.29, 0.717) is 36.4 Å². The molecule has 10 heteroatoms. The summed E-state index contributed by atoms with van der Waals surface area (Å²) in [5.41, 5.74) is 1.84. The molecule has 3 aromatic heterocycles. The number of pyridine rings is 1. The molecule has 2 N–H and O–H groups in total. The van der Waals surface area contributed by atoms with Crippen LogP contribution in [0.15, 0.2) is 30.7 Å². The van der Waals surface area contributed by atoms with E-state index in [0.717, 1.165) is 0 Å². The predicted octanol–water partition coefficient (Wildman–Crippen LogP) is 3.73. The maximum Gasteiger partial charge on any atom is 0.260 e. The van der Waals surface area contributed by atoms with Gasteiger partial charge in [0.2, 0.25) is 0 Å². The van der Waals surface area contributed by atoms with E-state index in [9.17, 15) is 9.18 Å². The SMILES string of the molecule is CCn1cc2c(N3C[C@@H](C)N[C@H](C)C3)cc(F)c(C(=O)Nc3cc(F)c4nc(C)cn4c3)c2n1. The summed E-state index contributed by atoms with van der Waals surface area (Å²) < 4.78 is 33.2. The molecule has 34 heavy (non-hydrogen) atoms. The second-order valence-electron chi connectivity index (χ2n) is 9.02. The molecule has 1 saturated heterocycles. The highest BCUT2D eigenvalue weighted by Gasteiger charge is 2.27. The Hall–Kier alpha value is -3.53. The number of fused-ring (bicyclic) bond motifs is 2. The van der Waals surface area contributed by atoms with Crippen molar-refractivity contribution in [3.05, 3.63) is 53.6 Å². The van der Waals surface area contributed by atoms with Gasteiger partial charge in [-0.05, 0) is 33.8 Å². The number of benzene rings is 1. The fraction of sp³-hybridized carbons (Fsp3) is 0.375. The fourth-order valence-corrected chi connectivity index (χ4v) is 4.78. The Kier molecular flexibility index (Phi) is 5.47.